The third kappa shape index (κ3) is 2.86. The fourth-order valence-electron chi connectivity index (χ4n) is 2.80. The number of rotatable bonds is 4. The van der Waals surface area contributed by atoms with Crippen molar-refractivity contribution in [3.05, 3.63) is 52.9 Å². The zero-order valence-corrected chi connectivity index (χ0v) is 15.1. The van der Waals surface area contributed by atoms with Crippen LogP contribution in [-0.2, 0) is 6.61 Å². The molecule has 26 heavy (non-hydrogen) atoms. The van der Waals surface area contributed by atoms with Gasteiger partial charge in [0.05, 0.1) is 30.4 Å². The van der Waals surface area contributed by atoms with E-state index in [1.54, 1.807) is 25.3 Å². The van der Waals surface area contributed by atoms with Gasteiger partial charge in [-0.2, -0.15) is 0 Å². The van der Waals surface area contributed by atoms with Gasteiger partial charge in [0.1, 0.15) is 23.9 Å². The van der Waals surface area contributed by atoms with E-state index in [-0.39, 0.29) is 5.91 Å². The predicted molar refractivity (Wildman–Crippen MR) is 99.4 cm³/mol. The largest absolute Gasteiger partial charge is 0.497 e. The molecule has 1 aromatic heterocycles. The third-order valence-electron chi connectivity index (χ3n) is 4.07. The number of fused-ring (bicyclic) bond motifs is 3. The van der Waals surface area contributed by atoms with Crippen molar-refractivity contribution in [3.63, 3.8) is 0 Å². The molecule has 0 bridgehead atoms. The lowest BCUT2D eigenvalue weighted by Crippen LogP contribution is -2.13. The van der Waals surface area contributed by atoms with E-state index in [1.165, 1.54) is 18.4 Å². The minimum Gasteiger partial charge on any atom is -0.497 e. The zero-order chi connectivity index (χ0) is 18.1. The number of hydrogen-bond acceptors (Lipinski definition) is 6. The first-order valence-corrected chi connectivity index (χ1v) is 8.76. The number of thiazole rings is 1. The Morgan fingerprint density at radius 2 is 2.04 bits per heavy atom. The molecule has 0 spiro atoms. The monoisotopic (exact) mass is 368 g/mol. The van der Waals surface area contributed by atoms with Crippen LogP contribution >= 0.6 is 11.3 Å². The second-order valence-electron chi connectivity index (χ2n) is 5.60. The molecule has 7 heteroatoms. The van der Waals surface area contributed by atoms with Crippen LogP contribution in [0.4, 0.5) is 5.13 Å². The highest BCUT2D eigenvalue weighted by Gasteiger charge is 2.23. The summed E-state index contributed by atoms with van der Waals surface area (Å²) >= 11 is 1.41. The number of carbonyl (C=O) groups is 1. The van der Waals surface area contributed by atoms with Crippen LogP contribution in [-0.4, -0.2) is 25.1 Å². The standard InChI is InChI=1S/C19H16N2O4S/c1-23-11-7-8-13(15(9-11)24-2)18(22)21-19-20-17-12-5-3-4-6-14(12)25-10-16(17)26-19/h3-9H,10H2,1-2H3,(H,20,21,22). The van der Waals surface area contributed by atoms with Crippen molar-refractivity contribution < 1.29 is 19.0 Å². The summed E-state index contributed by atoms with van der Waals surface area (Å²) in [5.74, 6) is 1.58. The average Bonchev–Trinajstić information content (AvgIpc) is 3.10. The molecular formula is C19H16N2O4S. The average molecular weight is 368 g/mol. The number of anilines is 1. The van der Waals surface area contributed by atoms with E-state index in [0.29, 0.717) is 28.8 Å². The van der Waals surface area contributed by atoms with Crippen LogP contribution in [0.3, 0.4) is 0 Å². The van der Waals surface area contributed by atoms with E-state index in [9.17, 15) is 4.79 Å². The van der Waals surface area contributed by atoms with Crippen LogP contribution in [0.25, 0.3) is 11.3 Å². The minimum atomic E-state index is -0.287. The minimum absolute atomic E-state index is 0.287. The van der Waals surface area contributed by atoms with Crippen molar-refractivity contribution in [2.45, 2.75) is 6.61 Å². The Morgan fingerprint density at radius 3 is 2.85 bits per heavy atom. The molecule has 0 saturated carbocycles. The van der Waals surface area contributed by atoms with E-state index in [2.05, 4.69) is 10.3 Å². The van der Waals surface area contributed by atoms with Crippen LogP contribution in [0.1, 0.15) is 15.2 Å². The summed E-state index contributed by atoms with van der Waals surface area (Å²) in [5.41, 5.74) is 2.21. The maximum absolute atomic E-state index is 12.7. The van der Waals surface area contributed by atoms with Gasteiger partial charge in [-0.1, -0.05) is 23.5 Å². The van der Waals surface area contributed by atoms with Gasteiger partial charge in [-0.3, -0.25) is 10.1 Å². The molecule has 2 aromatic carbocycles. The molecule has 1 aliphatic rings. The fraction of sp³-hybridized carbons (Fsp3) is 0.158. The highest BCUT2D eigenvalue weighted by atomic mass is 32.1. The van der Waals surface area contributed by atoms with E-state index in [4.69, 9.17) is 14.2 Å². The van der Waals surface area contributed by atoms with Crippen molar-refractivity contribution in [2.24, 2.45) is 0 Å². The molecule has 0 unspecified atom stereocenters. The van der Waals surface area contributed by atoms with E-state index >= 15 is 0 Å². The molecule has 0 aliphatic carbocycles. The number of nitrogens with one attached hydrogen (secondary N) is 1. The van der Waals surface area contributed by atoms with E-state index in [1.807, 2.05) is 24.3 Å². The van der Waals surface area contributed by atoms with Gasteiger partial charge in [-0.15, -0.1) is 0 Å². The molecule has 1 aliphatic heterocycles. The summed E-state index contributed by atoms with van der Waals surface area (Å²) in [7, 11) is 3.08. The molecule has 132 valence electrons. The Kier molecular flexibility index (Phi) is 4.22. The van der Waals surface area contributed by atoms with Crippen LogP contribution in [0, 0.1) is 0 Å². The number of carbonyl (C=O) groups excluding carboxylic acids is 1. The molecule has 1 amide bonds. The van der Waals surface area contributed by atoms with Gasteiger partial charge in [0.15, 0.2) is 5.13 Å². The van der Waals surface area contributed by atoms with Gasteiger partial charge < -0.3 is 14.2 Å². The Labute approximate surface area is 154 Å². The first-order valence-electron chi connectivity index (χ1n) is 7.95. The molecule has 1 N–H and O–H groups in total. The van der Waals surface area contributed by atoms with Gasteiger partial charge in [0, 0.05) is 11.6 Å². The van der Waals surface area contributed by atoms with Gasteiger partial charge in [-0.05, 0) is 24.3 Å². The first kappa shape index (κ1) is 16.4. The molecule has 6 nitrogen and oxygen atoms in total. The van der Waals surface area contributed by atoms with Crippen molar-refractivity contribution in [2.75, 3.05) is 19.5 Å². The fourth-order valence-corrected chi connectivity index (χ4v) is 3.68. The SMILES string of the molecule is COc1ccc(C(=O)Nc2nc3c(s2)COc2ccccc2-3)c(OC)c1. The normalized spacial score (nSPS) is 11.8. The molecular weight excluding hydrogens is 352 g/mol. The molecule has 0 fully saturated rings. The molecule has 0 radical (unpaired) electrons. The van der Waals surface area contributed by atoms with Crippen molar-refractivity contribution in [1.29, 1.82) is 0 Å². The maximum Gasteiger partial charge on any atom is 0.261 e. The maximum atomic E-state index is 12.7. The highest BCUT2D eigenvalue weighted by molar-refractivity contribution is 7.16. The topological polar surface area (TPSA) is 69.7 Å². The number of nitrogens with zero attached hydrogens (tertiary/aromatic N) is 1. The summed E-state index contributed by atoms with van der Waals surface area (Å²) in [6, 6.07) is 12.8. The van der Waals surface area contributed by atoms with Crippen LogP contribution in [0.15, 0.2) is 42.5 Å². The van der Waals surface area contributed by atoms with Gasteiger partial charge in [-0.25, -0.2) is 4.98 Å². The van der Waals surface area contributed by atoms with Crippen LogP contribution in [0.2, 0.25) is 0 Å². The van der Waals surface area contributed by atoms with Crippen LogP contribution < -0.4 is 19.5 Å². The number of aromatic nitrogens is 1. The second-order valence-corrected chi connectivity index (χ2v) is 6.68. The quantitative estimate of drug-likeness (QED) is 0.754. The molecule has 2 heterocycles. The number of amides is 1. The number of para-hydroxylation sites is 1. The number of hydrogen-bond donors (Lipinski definition) is 1. The van der Waals surface area contributed by atoms with Crippen molar-refractivity contribution >= 4 is 22.4 Å². The van der Waals surface area contributed by atoms with E-state index < -0.39 is 0 Å². The van der Waals surface area contributed by atoms with Crippen molar-refractivity contribution in [1.82, 2.24) is 4.98 Å². The Bertz CT molecular complexity index is 983. The van der Waals surface area contributed by atoms with Gasteiger partial charge in [0.25, 0.3) is 5.91 Å². The number of benzene rings is 2. The smallest absolute Gasteiger partial charge is 0.261 e. The Hall–Kier alpha value is -3.06. The first-order chi connectivity index (χ1) is 12.7. The summed E-state index contributed by atoms with van der Waals surface area (Å²) in [6.45, 7) is 0.450. The van der Waals surface area contributed by atoms with Gasteiger partial charge in [0.2, 0.25) is 0 Å². The lowest BCUT2D eigenvalue weighted by Gasteiger charge is -2.15. The molecule has 0 atom stereocenters. The van der Waals surface area contributed by atoms with Crippen molar-refractivity contribution in [3.8, 4) is 28.5 Å². The number of ether oxygens (including phenoxy) is 3. The van der Waals surface area contributed by atoms with E-state index in [0.717, 1.165) is 21.9 Å². The van der Waals surface area contributed by atoms with Gasteiger partial charge >= 0.3 is 0 Å². The summed E-state index contributed by atoms with van der Waals surface area (Å²) < 4.78 is 16.2. The van der Waals surface area contributed by atoms with Crippen LogP contribution in [0.5, 0.6) is 17.2 Å². The zero-order valence-electron chi connectivity index (χ0n) is 14.2. The second kappa shape index (κ2) is 6.68. The summed E-state index contributed by atoms with van der Waals surface area (Å²) in [6.07, 6.45) is 0. The lowest BCUT2D eigenvalue weighted by molar-refractivity contribution is 0.102. The lowest BCUT2D eigenvalue weighted by atomic mass is 10.1. The highest BCUT2D eigenvalue weighted by Crippen LogP contribution is 2.40. The molecule has 4 rings (SSSR count). The Balaban J connectivity index is 1.62. The Morgan fingerprint density at radius 1 is 1.19 bits per heavy atom. The third-order valence-corrected chi connectivity index (χ3v) is 5.02. The molecule has 3 aromatic rings. The summed E-state index contributed by atoms with van der Waals surface area (Å²) in [5, 5.41) is 3.38. The number of methoxy groups -OCH3 is 2. The predicted octanol–water partition coefficient (Wildman–Crippen LogP) is 3.97. The summed E-state index contributed by atoms with van der Waals surface area (Å²) in [4.78, 5) is 18.2. The molecule has 0 saturated heterocycles.